The number of rotatable bonds is 1. The number of nitrogens with zero attached hydrogens (tertiary/aromatic N) is 2. The van der Waals surface area contributed by atoms with E-state index in [1.54, 1.807) is 6.92 Å². The van der Waals surface area contributed by atoms with Crippen LogP contribution in [0.15, 0.2) is 17.0 Å². The number of nitro benzene ring substituents is 1. The highest BCUT2D eigenvalue weighted by atomic mass is 32.1. The van der Waals surface area contributed by atoms with Crippen molar-refractivity contribution in [3.8, 4) is 6.07 Å². The third-order valence-electron chi connectivity index (χ3n) is 1.62. The first kappa shape index (κ1) is 9.55. The minimum absolute atomic E-state index is 0.0403. The maximum Gasteiger partial charge on any atom is 0.270 e. The van der Waals surface area contributed by atoms with E-state index >= 15 is 0 Å². The van der Waals surface area contributed by atoms with Crippen molar-refractivity contribution in [3.05, 3.63) is 33.4 Å². The van der Waals surface area contributed by atoms with E-state index in [0.717, 1.165) is 0 Å². The van der Waals surface area contributed by atoms with Crippen molar-refractivity contribution < 1.29 is 4.92 Å². The Hall–Kier alpha value is -1.54. The van der Waals surface area contributed by atoms with E-state index in [1.165, 1.54) is 12.1 Å². The van der Waals surface area contributed by atoms with Crippen LogP contribution < -0.4 is 0 Å². The van der Waals surface area contributed by atoms with Crippen LogP contribution in [0.3, 0.4) is 0 Å². The summed E-state index contributed by atoms with van der Waals surface area (Å²) < 4.78 is 0. The van der Waals surface area contributed by atoms with Crippen molar-refractivity contribution >= 4 is 18.3 Å². The summed E-state index contributed by atoms with van der Waals surface area (Å²) in [7, 11) is 0. The molecule has 0 spiro atoms. The molecule has 0 saturated carbocycles. The number of benzene rings is 1. The topological polar surface area (TPSA) is 66.9 Å². The summed E-state index contributed by atoms with van der Waals surface area (Å²) in [4.78, 5) is 10.2. The third kappa shape index (κ3) is 1.79. The van der Waals surface area contributed by atoms with Gasteiger partial charge < -0.3 is 0 Å². The molecule has 0 aliphatic heterocycles. The first-order valence-electron chi connectivity index (χ1n) is 3.44. The van der Waals surface area contributed by atoms with Gasteiger partial charge in [-0.2, -0.15) is 5.26 Å². The molecule has 0 fully saturated rings. The van der Waals surface area contributed by atoms with Crippen molar-refractivity contribution in [1.29, 1.82) is 5.26 Å². The van der Waals surface area contributed by atoms with Gasteiger partial charge in [-0.15, -0.1) is 12.6 Å². The van der Waals surface area contributed by atoms with Gasteiger partial charge in [-0.3, -0.25) is 10.1 Å². The number of hydrogen-bond acceptors (Lipinski definition) is 4. The summed E-state index contributed by atoms with van der Waals surface area (Å²) in [6.07, 6.45) is 0. The first-order valence-corrected chi connectivity index (χ1v) is 3.89. The van der Waals surface area contributed by atoms with E-state index in [0.29, 0.717) is 16.0 Å². The van der Waals surface area contributed by atoms with E-state index in [1.807, 2.05) is 6.07 Å². The molecular weight excluding hydrogens is 188 g/mol. The average Bonchev–Trinajstić information content (AvgIpc) is 2.03. The van der Waals surface area contributed by atoms with Gasteiger partial charge in [0.2, 0.25) is 0 Å². The molecule has 0 aromatic heterocycles. The second-order valence-electron chi connectivity index (χ2n) is 2.53. The minimum atomic E-state index is -0.506. The van der Waals surface area contributed by atoms with Crippen LogP contribution in [-0.2, 0) is 0 Å². The minimum Gasteiger partial charge on any atom is -0.258 e. The molecule has 0 amide bonds. The van der Waals surface area contributed by atoms with Gasteiger partial charge in [-0.1, -0.05) is 0 Å². The van der Waals surface area contributed by atoms with Gasteiger partial charge in [-0.25, -0.2) is 0 Å². The van der Waals surface area contributed by atoms with E-state index in [4.69, 9.17) is 5.26 Å². The third-order valence-corrected chi connectivity index (χ3v) is 1.97. The largest absolute Gasteiger partial charge is 0.270 e. The molecule has 4 nitrogen and oxygen atoms in total. The number of nitriles is 1. The molecule has 5 heteroatoms. The molecule has 13 heavy (non-hydrogen) atoms. The first-order chi connectivity index (χ1) is 6.06. The van der Waals surface area contributed by atoms with E-state index < -0.39 is 4.92 Å². The number of non-ortho nitro benzene ring substituents is 1. The van der Waals surface area contributed by atoms with Crippen molar-refractivity contribution in [1.82, 2.24) is 0 Å². The highest BCUT2D eigenvalue weighted by Crippen LogP contribution is 2.23. The van der Waals surface area contributed by atoms with Crippen molar-refractivity contribution in [2.75, 3.05) is 0 Å². The second-order valence-corrected chi connectivity index (χ2v) is 3.01. The number of hydrogen-bond donors (Lipinski definition) is 1. The fraction of sp³-hybridized carbons (Fsp3) is 0.125. The predicted molar refractivity (Wildman–Crippen MR) is 49.8 cm³/mol. The Morgan fingerprint density at radius 3 is 2.62 bits per heavy atom. The van der Waals surface area contributed by atoms with Gasteiger partial charge in [0.05, 0.1) is 10.5 Å². The van der Waals surface area contributed by atoms with Gasteiger partial charge in [0.15, 0.2) is 0 Å². The van der Waals surface area contributed by atoms with Crippen LogP contribution in [0, 0.1) is 28.4 Å². The standard InChI is InChI=1S/C8H6N2O2S/c1-5-2-6(10(11)12)3-8(13)7(5)4-9/h2-3,13H,1H3. The summed E-state index contributed by atoms with van der Waals surface area (Å²) in [6, 6.07) is 4.56. The van der Waals surface area contributed by atoms with E-state index in [-0.39, 0.29) is 5.69 Å². The van der Waals surface area contributed by atoms with Crippen molar-refractivity contribution in [2.45, 2.75) is 11.8 Å². The summed E-state index contributed by atoms with van der Waals surface area (Å²) in [5, 5.41) is 19.1. The predicted octanol–water partition coefficient (Wildman–Crippen LogP) is 2.06. The SMILES string of the molecule is Cc1cc([N+](=O)[O-])cc(S)c1C#N. The maximum absolute atomic E-state index is 10.4. The van der Waals surface area contributed by atoms with Crippen molar-refractivity contribution in [2.24, 2.45) is 0 Å². The number of nitro groups is 1. The van der Waals surface area contributed by atoms with Crippen LogP contribution >= 0.6 is 12.6 Å². The Kier molecular flexibility index (Phi) is 2.54. The Morgan fingerprint density at radius 2 is 2.23 bits per heavy atom. The molecular formula is C8H6N2O2S. The molecule has 66 valence electrons. The number of thiol groups is 1. The van der Waals surface area contributed by atoms with Crippen LogP contribution in [0.5, 0.6) is 0 Å². The lowest BCUT2D eigenvalue weighted by Gasteiger charge is -2.00. The van der Waals surface area contributed by atoms with Gasteiger partial charge in [-0.05, 0) is 12.5 Å². The molecule has 0 bridgehead atoms. The Balaban J connectivity index is 3.39. The quantitative estimate of drug-likeness (QED) is 0.422. The molecule has 0 aliphatic carbocycles. The highest BCUT2D eigenvalue weighted by molar-refractivity contribution is 7.80. The maximum atomic E-state index is 10.4. The van der Waals surface area contributed by atoms with Gasteiger partial charge in [0.25, 0.3) is 5.69 Å². The number of aryl methyl sites for hydroxylation is 1. The fourth-order valence-corrected chi connectivity index (χ4v) is 1.36. The molecule has 0 heterocycles. The fourth-order valence-electron chi connectivity index (χ4n) is 1.00. The Labute approximate surface area is 80.4 Å². The van der Waals surface area contributed by atoms with Crippen LogP contribution in [0.4, 0.5) is 5.69 Å². The van der Waals surface area contributed by atoms with Gasteiger partial charge in [0, 0.05) is 17.0 Å². The zero-order valence-corrected chi connectivity index (χ0v) is 7.71. The molecule has 0 atom stereocenters. The Morgan fingerprint density at radius 1 is 1.62 bits per heavy atom. The van der Waals surface area contributed by atoms with Crippen LogP contribution in [0.1, 0.15) is 11.1 Å². The molecule has 1 aromatic carbocycles. The summed E-state index contributed by atoms with van der Waals surface area (Å²) >= 11 is 3.99. The van der Waals surface area contributed by atoms with Crippen LogP contribution in [-0.4, -0.2) is 4.92 Å². The lowest BCUT2D eigenvalue weighted by molar-refractivity contribution is -0.385. The van der Waals surface area contributed by atoms with E-state index in [2.05, 4.69) is 12.6 Å². The summed E-state index contributed by atoms with van der Waals surface area (Å²) in [5.41, 5.74) is 0.914. The Bertz CT molecular complexity index is 386. The van der Waals surface area contributed by atoms with Crippen LogP contribution in [0.2, 0.25) is 0 Å². The van der Waals surface area contributed by atoms with Crippen molar-refractivity contribution in [3.63, 3.8) is 0 Å². The zero-order chi connectivity index (χ0) is 10.0. The van der Waals surface area contributed by atoms with E-state index in [9.17, 15) is 10.1 Å². The average molecular weight is 194 g/mol. The van der Waals surface area contributed by atoms with Crippen LogP contribution in [0.25, 0.3) is 0 Å². The monoisotopic (exact) mass is 194 g/mol. The van der Waals surface area contributed by atoms with Gasteiger partial charge >= 0.3 is 0 Å². The molecule has 1 rings (SSSR count). The molecule has 1 aromatic rings. The lowest BCUT2D eigenvalue weighted by atomic mass is 10.1. The molecule has 0 radical (unpaired) electrons. The van der Waals surface area contributed by atoms with Gasteiger partial charge in [0.1, 0.15) is 6.07 Å². The molecule has 0 N–H and O–H groups in total. The highest BCUT2D eigenvalue weighted by Gasteiger charge is 2.11. The normalized spacial score (nSPS) is 9.31. The molecule has 0 aliphatic rings. The zero-order valence-electron chi connectivity index (χ0n) is 6.81. The molecule has 0 saturated heterocycles. The molecule has 0 unspecified atom stereocenters. The summed E-state index contributed by atoms with van der Waals surface area (Å²) in [6.45, 7) is 1.64. The smallest absolute Gasteiger partial charge is 0.258 e. The summed E-state index contributed by atoms with van der Waals surface area (Å²) in [5.74, 6) is 0. The second kappa shape index (κ2) is 3.46. The lowest BCUT2D eigenvalue weighted by Crippen LogP contribution is -1.92.